The van der Waals surface area contributed by atoms with E-state index in [-0.39, 0.29) is 16.4 Å². The minimum atomic E-state index is -3.81. The van der Waals surface area contributed by atoms with E-state index >= 15 is 0 Å². The van der Waals surface area contributed by atoms with Gasteiger partial charge in [-0.05, 0) is 42.2 Å². The van der Waals surface area contributed by atoms with E-state index in [1.54, 1.807) is 19.2 Å². The number of aryl methyl sites for hydroxylation is 2. The van der Waals surface area contributed by atoms with Gasteiger partial charge < -0.3 is 10.1 Å². The van der Waals surface area contributed by atoms with Crippen LogP contribution in [0, 0.1) is 0 Å². The van der Waals surface area contributed by atoms with Crippen molar-refractivity contribution in [3.63, 3.8) is 0 Å². The van der Waals surface area contributed by atoms with Crippen LogP contribution in [0.3, 0.4) is 0 Å². The SMILES string of the molecule is CCc1cccc(CC)c1NS(=O)(=O)c1cccc(C(=O)NCCOC)c1. The third-order valence-corrected chi connectivity index (χ3v) is 5.58. The van der Waals surface area contributed by atoms with Gasteiger partial charge in [0.1, 0.15) is 0 Å². The zero-order chi connectivity index (χ0) is 19.9. The van der Waals surface area contributed by atoms with E-state index in [9.17, 15) is 13.2 Å². The summed E-state index contributed by atoms with van der Waals surface area (Å²) in [5, 5.41) is 2.69. The highest BCUT2D eigenvalue weighted by molar-refractivity contribution is 7.92. The molecule has 0 aliphatic carbocycles. The number of sulfonamides is 1. The number of amides is 1. The summed E-state index contributed by atoms with van der Waals surface area (Å²) in [5.41, 5.74) is 2.78. The summed E-state index contributed by atoms with van der Waals surface area (Å²) in [5.74, 6) is -0.340. The van der Waals surface area contributed by atoms with Gasteiger partial charge in [0.2, 0.25) is 0 Å². The smallest absolute Gasteiger partial charge is 0.261 e. The van der Waals surface area contributed by atoms with Crippen molar-refractivity contribution in [2.24, 2.45) is 0 Å². The monoisotopic (exact) mass is 390 g/mol. The van der Waals surface area contributed by atoms with Gasteiger partial charge in [-0.25, -0.2) is 8.42 Å². The highest BCUT2D eigenvalue weighted by Crippen LogP contribution is 2.26. The van der Waals surface area contributed by atoms with Crippen molar-refractivity contribution in [3.05, 3.63) is 59.2 Å². The average Bonchev–Trinajstić information content (AvgIpc) is 2.68. The van der Waals surface area contributed by atoms with E-state index in [1.165, 1.54) is 12.1 Å². The van der Waals surface area contributed by atoms with Gasteiger partial charge in [-0.1, -0.05) is 38.1 Å². The number of hydrogen-bond acceptors (Lipinski definition) is 4. The zero-order valence-electron chi connectivity index (χ0n) is 15.9. The number of hydrogen-bond donors (Lipinski definition) is 2. The molecule has 0 saturated carbocycles. The number of carbonyl (C=O) groups excluding carboxylic acids is 1. The Hall–Kier alpha value is -2.38. The predicted molar refractivity (Wildman–Crippen MR) is 107 cm³/mol. The second-order valence-electron chi connectivity index (χ2n) is 6.04. The Morgan fingerprint density at radius 3 is 2.26 bits per heavy atom. The van der Waals surface area contributed by atoms with E-state index in [1.807, 2.05) is 32.0 Å². The van der Waals surface area contributed by atoms with Gasteiger partial charge in [0.25, 0.3) is 15.9 Å². The molecule has 0 spiro atoms. The summed E-state index contributed by atoms with van der Waals surface area (Å²) < 4.78 is 33.4. The van der Waals surface area contributed by atoms with Gasteiger partial charge in [0.05, 0.1) is 17.2 Å². The summed E-state index contributed by atoms with van der Waals surface area (Å²) in [7, 11) is -2.27. The number of ether oxygens (including phenoxy) is 1. The molecule has 0 bridgehead atoms. The predicted octanol–water partition coefficient (Wildman–Crippen LogP) is 2.99. The molecule has 2 aromatic carbocycles. The number of methoxy groups -OCH3 is 1. The van der Waals surface area contributed by atoms with Gasteiger partial charge in [0.15, 0.2) is 0 Å². The van der Waals surface area contributed by atoms with Crippen LogP contribution in [0.1, 0.15) is 35.3 Å². The molecule has 0 unspecified atom stereocenters. The fourth-order valence-corrected chi connectivity index (χ4v) is 3.93. The fraction of sp³-hybridized carbons (Fsp3) is 0.350. The van der Waals surface area contributed by atoms with Gasteiger partial charge in [0, 0.05) is 19.2 Å². The van der Waals surface area contributed by atoms with Crippen LogP contribution < -0.4 is 10.0 Å². The first-order valence-corrected chi connectivity index (χ1v) is 10.4. The van der Waals surface area contributed by atoms with Gasteiger partial charge in [-0.15, -0.1) is 0 Å². The van der Waals surface area contributed by atoms with Crippen molar-refractivity contribution in [3.8, 4) is 0 Å². The zero-order valence-corrected chi connectivity index (χ0v) is 16.7. The molecule has 0 aliphatic rings. The van der Waals surface area contributed by atoms with Crippen LogP contribution in [-0.2, 0) is 27.6 Å². The lowest BCUT2D eigenvalue weighted by atomic mass is 10.0. The number of para-hydroxylation sites is 1. The Kier molecular flexibility index (Phi) is 7.38. The van der Waals surface area contributed by atoms with Crippen molar-refractivity contribution < 1.29 is 17.9 Å². The molecule has 7 heteroatoms. The molecule has 0 fully saturated rings. The number of anilines is 1. The standard InChI is InChI=1S/C20H26N2O4S/c1-4-15-8-6-9-16(5-2)19(15)22-27(24,25)18-11-7-10-17(14-18)20(23)21-12-13-26-3/h6-11,14,22H,4-5,12-13H2,1-3H3,(H,21,23). The first kappa shape index (κ1) is 20.9. The van der Waals surface area contributed by atoms with Gasteiger partial charge in [-0.2, -0.15) is 0 Å². The number of rotatable bonds is 9. The van der Waals surface area contributed by atoms with E-state index in [2.05, 4.69) is 10.0 Å². The molecular formula is C20H26N2O4S. The van der Waals surface area contributed by atoms with Crippen LogP contribution >= 0.6 is 0 Å². The molecule has 6 nitrogen and oxygen atoms in total. The van der Waals surface area contributed by atoms with Crippen molar-refractivity contribution in [1.82, 2.24) is 5.32 Å². The fourth-order valence-electron chi connectivity index (χ4n) is 2.74. The van der Waals surface area contributed by atoms with Gasteiger partial charge in [-0.3, -0.25) is 9.52 Å². The van der Waals surface area contributed by atoms with Crippen LogP contribution in [-0.4, -0.2) is 34.6 Å². The van der Waals surface area contributed by atoms with Crippen molar-refractivity contribution in [1.29, 1.82) is 0 Å². The number of benzene rings is 2. The summed E-state index contributed by atoms with van der Waals surface area (Å²) >= 11 is 0. The number of nitrogens with one attached hydrogen (secondary N) is 2. The Bertz CT molecular complexity index is 872. The Balaban J connectivity index is 2.30. The lowest BCUT2D eigenvalue weighted by Crippen LogP contribution is -2.27. The summed E-state index contributed by atoms with van der Waals surface area (Å²) in [4.78, 5) is 12.2. The van der Waals surface area contributed by atoms with Crippen molar-refractivity contribution in [2.45, 2.75) is 31.6 Å². The molecule has 0 radical (unpaired) electrons. The van der Waals surface area contributed by atoms with E-state index in [4.69, 9.17) is 4.74 Å². The molecule has 2 rings (SSSR count). The average molecular weight is 391 g/mol. The first-order chi connectivity index (χ1) is 12.9. The molecular weight excluding hydrogens is 364 g/mol. The minimum Gasteiger partial charge on any atom is -0.383 e. The Labute approximate surface area is 161 Å². The van der Waals surface area contributed by atoms with E-state index in [0.29, 0.717) is 31.7 Å². The quantitative estimate of drug-likeness (QED) is 0.645. The third-order valence-electron chi connectivity index (χ3n) is 4.23. The lowest BCUT2D eigenvalue weighted by Gasteiger charge is -2.16. The molecule has 146 valence electrons. The Morgan fingerprint density at radius 1 is 1.04 bits per heavy atom. The molecule has 0 aliphatic heterocycles. The van der Waals surface area contributed by atoms with E-state index in [0.717, 1.165) is 11.1 Å². The minimum absolute atomic E-state index is 0.0508. The van der Waals surface area contributed by atoms with Gasteiger partial charge >= 0.3 is 0 Å². The van der Waals surface area contributed by atoms with Crippen molar-refractivity contribution in [2.75, 3.05) is 25.0 Å². The second kappa shape index (κ2) is 9.53. The molecule has 0 atom stereocenters. The maximum absolute atomic E-state index is 12.9. The highest BCUT2D eigenvalue weighted by atomic mass is 32.2. The highest BCUT2D eigenvalue weighted by Gasteiger charge is 2.19. The normalized spacial score (nSPS) is 11.2. The molecule has 1 amide bonds. The van der Waals surface area contributed by atoms with Crippen LogP contribution in [0.25, 0.3) is 0 Å². The van der Waals surface area contributed by atoms with Crippen LogP contribution in [0.15, 0.2) is 47.4 Å². The maximum atomic E-state index is 12.9. The number of carbonyl (C=O) groups is 1. The van der Waals surface area contributed by atoms with Crippen LogP contribution in [0.4, 0.5) is 5.69 Å². The molecule has 0 saturated heterocycles. The van der Waals surface area contributed by atoms with Crippen molar-refractivity contribution >= 4 is 21.6 Å². The largest absolute Gasteiger partial charge is 0.383 e. The summed E-state index contributed by atoms with van der Waals surface area (Å²) in [6.07, 6.45) is 1.43. The summed E-state index contributed by atoms with van der Waals surface area (Å²) in [6.45, 7) is 4.71. The molecule has 0 aromatic heterocycles. The second-order valence-corrected chi connectivity index (χ2v) is 7.72. The topological polar surface area (TPSA) is 84.5 Å². The molecule has 0 heterocycles. The molecule has 27 heavy (non-hydrogen) atoms. The Morgan fingerprint density at radius 2 is 1.67 bits per heavy atom. The molecule has 2 N–H and O–H groups in total. The molecule has 2 aromatic rings. The lowest BCUT2D eigenvalue weighted by molar-refractivity contribution is 0.0937. The van der Waals surface area contributed by atoms with Crippen LogP contribution in [0.5, 0.6) is 0 Å². The maximum Gasteiger partial charge on any atom is 0.261 e. The third kappa shape index (κ3) is 5.30. The first-order valence-electron chi connectivity index (χ1n) is 8.93. The summed E-state index contributed by atoms with van der Waals surface area (Å²) in [6, 6.07) is 11.8. The van der Waals surface area contributed by atoms with Crippen LogP contribution in [0.2, 0.25) is 0 Å². The van der Waals surface area contributed by atoms with E-state index < -0.39 is 10.0 Å².